The molecule has 4 rings (SSSR count). The monoisotopic (exact) mass is 491 g/mol. The second-order valence-electron chi connectivity index (χ2n) is 8.07. The largest absolute Gasteiger partial charge is 0.341 e. The van der Waals surface area contributed by atoms with Crippen LogP contribution in [-0.4, -0.2) is 24.5 Å². The van der Waals surface area contributed by atoms with Crippen molar-refractivity contribution in [1.82, 2.24) is 10.7 Å². The molecule has 1 heterocycles. The van der Waals surface area contributed by atoms with Crippen LogP contribution in [0.4, 0.5) is 26.7 Å². The van der Waals surface area contributed by atoms with Gasteiger partial charge in [0.25, 0.3) is 0 Å². The number of carbonyl (C=O) groups is 3. The number of nitrogens with one attached hydrogen (secondary N) is 3. The molecular formula is C26H26ClN5O3. The van der Waals surface area contributed by atoms with Crippen molar-refractivity contribution in [2.24, 2.45) is 0 Å². The van der Waals surface area contributed by atoms with Crippen molar-refractivity contribution in [1.29, 1.82) is 0 Å². The molecule has 1 fully saturated rings. The second kappa shape index (κ2) is 11.4. The summed E-state index contributed by atoms with van der Waals surface area (Å²) in [5, 5.41) is 7.20. The third-order valence-electron chi connectivity index (χ3n) is 5.55. The lowest BCUT2D eigenvalue weighted by molar-refractivity contribution is -0.119. The highest BCUT2D eigenvalue weighted by Crippen LogP contribution is 2.21. The number of rotatable bonds is 5. The number of amides is 5. The topological polar surface area (TPSA) is 93.8 Å². The van der Waals surface area contributed by atoms with E-state index in [0.717, 1.165) is 35.6 Å². The van der Waals surface area contributed by atoms with Gasteiger partial charge in [-0.25, -0.2) is 20.0 Å². The average molecular weight is 492 g/mol. The zero-order valence-corrected chi connectivity index (χ0v) is 19.8. The number of halogens is 1. The fourth-order valence-corrected chi connectivity index (χ4v) is 3.86. The summed E-state index contributed by atoms with van der Waals surface area (Å²) in [4.78, 5) is 39.5. The minimum absolute atomic E-state index is 0.138. The summed E-state index contributed by atoms with van der Waals surface area (Å²) in [6.07, 6.45) is 2.51. The molecule has 0 atom stereocenters. The number of carbonyl (C=O) groups excluding carboxylic acids is 3. The zero-order valence-electron chi connectivity index (χ0n) is 19.0. The maximum Gasteiger partial charge on any atom is 0.341 e. The van der Waals surface area contributed by atoms with Crippen molar-refractivity contribution in [2.45, 2.75) is 25.8 Å². The Kier molecular flexibility index (Phi) is 7.84. The number of anilines is 3. The standard InChI is InChI=1S/C26H26ClN5O3/c27-20-11-13-21(14-12-20)29-25(34)30-32(23-6-2-1-3-7-23)26(35)28-18-19-9-15-22(16-10-19)31-17-5-4-8-24(31)33/h1-3,6-7,9-16H,4-5,8,17-18H2,(H,28,35)(H2,29,30,34). The van der Waals surface area contributed by atoms with Crippen LogP contribution in [-0.2, 0) is 11.3 Å². The molecule has 5 amide bonds. The van der Waals surface area contributed by atoms with E-state index in [-0.39, 0.29) is 12.5 Å². The Morgan fingerprint density at radius 2 is 1.63 bits per heavy atom. The molecule has 0 unspecified atom stereocenters. The molecule has 1 aliphatic heterocycles. The van der Waals surface area contributed by atoms with E-state index in [1.165, 1.54) is 0 Å². The summed E-state index contributed by atoms with van der Waals surface area (Å²) < 4.78 is 0. The average Bonchev–Trinajstić information content (AvgIpc) is 2.88. The molecule has 3 aromatic carbocycles. The van der Waals surface area contributed by atoms with Crippen LogP contribution in [0.15, 0.2) is 78.9 Å². The van der Waals surface area contributed by atoms with Crippen molar-refractivity contribution >= 4 is 46.6 Å². The SMILES string of the molecule is O=C(Nc1ccc(Cl)cc1)NN(C(=O)NCc1ccc(N2CCCCC2=O)cc1)c1ccccc1. The Morgan fingerprint density at radius 1 is 0.914 bits per heavy atom. The normalized spacial score (nSPS) is 13.2. The van der Waals surface area contributed by atoms with E-state index in [0.29, 0.717) is 22.8 Å². The molecule has 1 saturated heterocycles. The van der Waals surface area contributed by atoms with Gasteiger partial charge in [0.2, 0.25) is 5.91 Å². The van der Waals surface area contributed by atoms with Crippen LogP contribution >= 0.6 is 11.6 Å². The molecule has 0 spiro atoms. The van der Waals surface area contributed by atoms with Crippen molar-refractivity contribution in [3.05, 3.63) is 89.4 Å². The van der Waals surface area contributed by atoms with Gasteiger partial charge in [0.1, 0.15) is 0 Å². The highest BCUT2D eigenvalue weighted by Gasteiger charge is 2.20. The van der Waals surface area contributed by atoms with Gasteiger partial charge in [-0.15, -0.1) is 0 Å². The van der Waals surface area contributed by atoms with Gasteiger partial charge in [-0.2, -0.15) is 0 Å². The molecule has 0 radical (unpaired) electrons. The van der Waals surface area contributed by atoms with Gasteiger partial charge in [0.05, 0.1) is 5.69 Å². The second-order valence-corrected chi connectivity index (χ2v) is 8.51. The maximum atomic E-state index is 13.0. The molecule has 0 aromatic heterocycles. The van der Waals surface area contributed by atoms with E-state index in [9.17, 15) is 14.4 Å². The summed E-state index contributed by atoms with van der Waals surface area (Å²) in [6.45, 7) is 0.974. The number of hydrogen-bond acceptors (Lipinski definition) is 3. The minimum Gasteiger partial charge on any atom is -0.332 e. The van der Waals surface area contributed by atoms with Gasteiger partial charge in [-0.3, -0.25) is 4.79 Å². The predicted octanol–water partition coefficient (Wildman–Crippen LogP) is 5.31. The van der Waals surface area contributed by atoms with E-state index >= 15 is 0 Å². The Bertz CT molecular complexity index is 1170. The van der Waals surface area contributed by atoms with Gasteiger partial charge in [-0.1, -0.05) is 41.9 Å². The van der Waals surface area contributed by atoms with Crippen LogP contribution in [0.25, 0.3) is 0 Å². The lowest BCUT2D eigenvalue weighted by atomic mass is 10.1. The highest BCUT2D eigenvalue weighted by molar-refractivity contribution is 6.30. The fraction of sp³-hybridized carbons (Fsp3) is 0.192. The van der Waals surface area contributed by atoms with E-state index in [1.807, 2.05) is 30.3 Å². The smallest absolute Gasteiger partial charge is 0.332 e. The molecule has 3 N–H and O–H groups in total. The Hall–Kier alpha value is -4.04. The molecule has 0 aliphatic carbocycles. The van der Waals surface area contributed by atoms with Crippen LogP contribution < -0.4 is 26.0 Å². The first-order valence-electron chi connectivity index (χ1n) is 11.3. The molecule has 8 nitrogen and oxygen atoms in total. The van der Waals surface area contributed by atoms with Crippen molar-refractivity contribution in [3.63, 3.8) is 0 Å². The third kappa shape index (κ3) is 6.51. The van der Waals surface area contributed by atoms with Crippen LogP contribution in [0, 0.1) is 0 Å². The number of hydrogen-bond donors (Lipinski definition) is 3. The maximum absolute atomic E-state index is 13.0. The summed E-state index contributed by atoms with van der Waals surface area (Å²) in [5.41, 5.74) is 5.34. The first-order valence-corrected chi connectivity index (χ1v) is 11.7. The fourth-order valence-electron chi connectivity index (χ4n) is 3.73. The van der Waals surface area contributed by atoms with Crippen molar-refractivity contribution in [3.8, 4) is 0 Å². The Labute approximate surface area is 208 Å². The molecule has 9 heteroatoms. The number of piperidine rings is 1. The number of urea groups is 2. The molecular weight excluding hydrogens is 466 g/mol. The summed E-state index contributed by atoms with van der Waals surface area (Å²) in [6, 6.07) is 21.9. The summed E-state index contributed by atoms with van der Waals surface area (Å²) >= 11 is 5.89. The lowest BCUT2D eigenvalue weighted by Crippen LogP contribution is -2.52. The predicted molar refractivity (Wildman–Crippen MR) is 137 cm³/mol. The highest BCUT2D eigenvalue weighted by atomic mass is 35.5. The van der Waals surface area contributed by atoms with Gasteiger partial charge in [-0.05, 0) is 66.9 Å². The van der Waals surface area contributed by atoms with E-state index in [2.05, 4.69) is 16.1 Å². The van der Waals surface area contributed by atoms with Gasteiger partial charge in [0, 0.05) is 35.9 Å². The quantitative estimate of drug-likeness (QED) is 0.422. The molecule has 0 saturated carbocycles. The molecule has 3 aromatic rings. The van der Waals surface area contributed by atoms with Gasteiger partial charge >= 0.3 is 12.1 Å². The molecule has 180 valence electrons. The lowest BCUT2D eigenvalue weighted by Gasteiger charge is -2.27. The number of para-hydroxylation sites is 1. The van der Waals surface area contributed by atoms with Gasteiger partial charge < -0.3 is 15.5 Å². The molecule has 1 aliphatic rings. The van der Waals surface area contributed by atoms with Gasteiger partial charge in [0.15, 0.2) is 0 Å². The van der Waals surface area contributed by atoms with Crippen LogP contribution in [0.2, 0.25) is 5.02 Å². The molecule has 0 bridgehead atoms. The Morgan fingerprint density at radius 3 is 2.31 bits per heavy atom. The minimum atomic E-state index is -0.582. The first kappa shape index (κ1) is 24.1. The van der Waals surface area contributed by atoms with Crippen molar-refractivity contribution in [2.75, 3.05) is 21.8 Å². The van der Waals surface area contributed by atoms with E-state index in [4.69, 9.17) is 11.6 Å². The third-order valence-corrected chi connectivity index (χ3v) is 5.80. The number of nitrogens with zero attached hydrogens (tertiary/aromatic N) is 2. The van der Waals surface area contributed by atoms with E-state index < -0.39 is 12.1 Å². The molecule has 35 heavy (non-hydrogen) atoms. The number of hydrazine groups is 1. The first-order chi connectivity index (χ1) is 17.0. The summed E-state index contributed by atoms with van der Waals surface area (Å²) in [5.74, 6) is 0.138. The van der Waals surface area contributed by atoms with Crippen molar-refractivity contribution < 1.29 is 14.4 Å². The van der Waals surface area contributed by atoms with Crippen LogP contribution in [0.5, 0.6) is 0 Å². The van der Waals surface area contributed by atoms with Crippen LogP contribution in [0.3, 0.4) is 0 Å². The summed E-state index contributed by atoms with van der Waals surface area (Å²) in [7, 11) is 0. The van der Waals surface area contributed by atoms with E-state index in [1.54, 1.807) is 53.4 Å². The zero-order chi connectivity index (χ0) is 24.6. The Balaban J connectivity index is 1.39. The van der Waals surface area contributed by atoms with Crippen LogP contribution in [0.1, 0.15) is 24.8 Å². The number of benzene rings is 3.